The third-order valence-electron chi connectivity index (χ3n) is 4.67. The third-order valence-corrected chi connectivity index (χ3v) is 5.43. The number of fused-ring (bicyclic) bond motifs is 1. The van der Waals surface area contributed by atoms with Gasteiger partial charge in [-0.2, -0.15) is 0 Å². The van der Waals surface area contributed by atoms with Crippen LogP contribution in [0.15, 0.2) is 46.8 Å². The van der Waals surface area contributed by atoms with Gasteiger partial charge < -0.3 is 21.3 Å². The summed E-state index contributed by atoms with van der Waals surface area (Å²) in [5, 5.41) is 9.09. The van der Waals surface area contributed by atoms with E-state index in [1.807, 2.05) is 29.7 Å². The molecule has 1 saturated heterocycles. The number of hydrogen-bond donors (Lipinski definition) is 3. The molecule has 1 fully saturated rings. The molecule has 0 bridgehead atoms. The molecule has 2 aliphatic rings. The summed E-state index contributed by atoms with van der Waals surface area (Å²) < 4.78 is 0. The zero-order chi connectivity index (χ0) is 19.9. The number of carbonyl (C=O) groups is 3. The highest BCUT2D eigenvalue weighted by Crippen LogP contribution is 2.24. The van der Waals surface area contributed by atoms with E-state index in [4.69, 9.17) is 5.73 Å². The molecule has 0 saturated carbocycles. The molecule has 0 radical (unpaired) electrons. The van der Waals surface area contributed by atoms with Crippen molar-refractivity contribution in [3.05, 3.63) is 46.8 Å². The zero-order valence-electron chi connectivity index (χ0n) is 15.5. The lowest BCUT2D eigenvalue weighted by Gasteiger charge is -2.25. The summed E-state index contributed by atoms with van der Waals surface area (Å²) in [4.78, 5) is 38.4. The Balaban J connectivity index is 1.48. The van der Waals surface area contributed by atoms with Gasteiger partial charge in [0.25, 0.3) is 0 Å². The van der Waals surface area contributed by atoms with Crippen LogP contribution in [0.4, 0.5) is 11.4 Å². The van der Waals surface area contributed by atoms with Crippen molar-refractivity contribution in [2.24, 2.45) is 5.92 Å². The van der Waals surface area contributed by atoms with E-state index in [1.54, 1.807) is 16.4 Å². The SMILES string of the molecule is Nc1cscc1NC(=O)CCCCCN1C(=O)CNC(=O)C2C=CC=CC=C21. The van der Waals surface area contributed by atoms with Crippen molar-refractivity contribution in [2.75, 3.05) is 24.1 Å². The lowest BCUT2D eigenvalue weighted by atomic mass is 10.0. The molecule has 28 heavy (non-hydrogen) atoms. The topological polar surface area (TPSA) is 105 Å². The summed E-state index contributed by atoms with van der Waals surface area (Å²) in [6.07, 6.45) is 11.8. The van der Waals surface area contributed by atoms with Crippen LogP contribution in [0.25, 0.3) is 0 Å². The number of allylic oxidation sites excluding steroid dienone is 4. The van der Waals surface area contributed by atoms with E-state index in [9.17, 15) is 14.4 Å². The number of nitrogens with one attached hydrogen (secondary N) is 2. The van der Waals surface area contributed by atoms with E-state index >= 15 is 0 Å². The lowest BCUT2D eigenvalue weighted by Crippen LogP contribution is -2.35. The number of nitrogens with zero attached hydrogens (tertiary/aromatic N) is 1. The van der Waals surface area contributed by atoms with Gasteiger partial charge in [-0.25, -0.2) is 0 Å². The summed E-state index contributed by atoms with van der Waals surface area (Å²) in [5.41, 5.74) is 7.71. The smallest absolute Gasteiger partial charge is 0.246 e. The molecule has 2 heterocycles. The minimum absolute atomic E-state index is 0.00863. The second kappa shape index (κ2) is 9.36. The van der Waals surface area contributed by atoms with Crippen molar-refractivity contribution in [1.29, 1.82) is 0 Å². The van der Waals surface area contributed by atoms with Crippen LogP contribution in [-0.2, 0) is 14.4 Å². The quantitative estimate of drug-likeness (QED) is 0.611. The molecule has 1 unspecified atom stereocenters. The average molecular weight is 401 g/mol. The summed E-state index contributed by atoms with van der Waals surface area (Å²) in [6, 6.07) is 0. The molecule has 1 aromatic rings. The standard InChI is InChI=1S/C20H24N4O3S/c21-15-12-28-13-16(15)23-18(25)9-5-2-6-10-24-17-8-4-1-3-7-14(17)20(27)22-11-19(24)26/h1,3-4,7-8,12-14H,2,5-6,9-11,21H2,(H,22,27)(H,23,25). The first-order valence-electron chi connectivity index (χ1n) is 9.31. The van der Waals surface area contributed by atoms with Crippen LogP contribution in [0.5, 0.6) is 0 Å². The molecule has 3 amide bonds. The van der Waals surface area contributed by atoms with Crippen LogP contribution in [-0.4, -0.2) is 35.7 Å². The number of hydrogen-bond acceptors (Lipinski definition) is 5. The van der Waals surface area contributed by atoms with Gasteiger partial charge in [-0.15, -0.1) is 11.3 Å². The first kappa shape index (κ1) is 19.9. The van der Waals surface area contributed by atoms with E-state index in [1.165, 1.54) is 11.3 Å². The van der Waals surface area contributed by atoms with Gasteiger partial charge in [-0.3, -0.25) is 14.4 Å². The lowest BCUT2D eigenvalue weighted by molar-refractivity contribution is -0.129. The molecule has 1 aliphatic heterocycles. The molecule has 0 spiro atoms. The molecule has 1 atom stereocenters. The van der Waals surface area contributed by atoms with Crippen molar-refractivity contribution < 1.29 is 14.4 Å². The van der Waals surface area contributed by atoms with Gasteiger partial charge in [-0.1, -0.05) is 30.7 Å². The van der Waals surface area contributed by atoms with Crippen LogP contribution < -0.4 is 16.4 Å². The summed E-state index contributed by atoms with van der Waals surface area (Å²) in [5.74, 6) is -0.793. The van der Waals surface area contributed by atoms with E-state index in [-0.39, 0.29) is 24.3 Å². The molecule has 1 aromatic heterocycles. The van der Waals surface area contributed by atoms with Crippen molar-refractivity contribution in [1.82, 2.24) is 10.2 Å². The van der Waals surface area contributed by atoms with Crippen LogP contribution in [0.1, 0.15) is 25.7 Å². The molecule has 148 valence electrons. The molecule has 0 aromatic carbocycles. The van der Waals surface area contributed by atoms with Gasteiger partial charge in [0.15, 0.2) is 0 Å². The Kier molecular flexibility index (Phi) is 6.65. The Morgan fingerprint density at radius 3 is 2.86 bits per heavy atom. The molecule has 8 heteroatoms. The maximum absolute atomic E-state index is 12.5. The van der Waals surface area contributed by atoms with E-state index in [0.717, 1.165) is 19.3 Å². The normalized spacial score (nSPS) is 18.8. The Morgan fingerprint density at radius 1 is 1.21 bits per heavy atom. The number of anilines is 2. The maximum Gasteiger partial charge on any atom is 0.246 e. The number of nitrogen functional groups attached to an aromatic ring is 1. The average Bonchev–Trinajstić information content (AvgIpc) is 2.88. The minimum atomic E-state index is -0.455. The highest BCUT2D eigenvalue weighted by Gasteiger charge is 2.31. The Morgan fingerprint density at radius 2 is 2.07 bits per heavy atom. The van der Waals surface area contributed by atoms with Gasteiger partial charge in [0.2, 0.25) is 17.7 Å². The van der Waals surface area contributed by atoms with Crippen LogP contribution in [0, 0.1) is 5.92 Å². The highest BCUT2D eigenvalue weighted by atomic mass is 32.1. The highest BCUT2D eigenvalue weighted by molar-refractivity contribution is 7.09. The van der Waals surface area contributed by atoms with Crippen LogP contribution in [0.3, 0.4) is 0 Å². The van der Waals surface area contributed by atoms with Crippen molar-refractivity contribution in [3.63, 3.8) is 0 Å². The Bertz CT molecular complexity index is 840. The van der Waals surface area contributed by atoms with Gasteiger partial charge in [0.1, 0.15) is 0 Å². The molecular formula is C20H24N4O3S. The van der Waals surface area contributed by atoms with Crippen molar-refractivity contribution >= 4 is 40.4 Å². The second-order valence-electron chi connectivity index (χ2n) is 6.70. The molecule has 1 aliphatic carbocycles. The number of thiophene rings is 1. The Hall–Kier alpha value is -2.87. The first-order valence-corrected chi connectivity index (χ1v) is 10.2. The van der Waals surface area contributed by atoms with Crippen molar-refractivity contribution in [2.45, 2.75) is 25.7 Å². The van der Waals surface area contributed by atoms with E-state index in [2.05, 4.69) is 10.6 Å². The summed E-state index contributed by atoms with van der Waals surface area (Å²) >= 11 is 1.45. The summed E-state index contributed by atoms with van der Waals surface area (Å²) in [6.45, 7) is 0.533. The molecule has 4 N–H and O–H groups in total. The fourth-order valence-corrected chi connectivity index (χ4v) is 3.87. The predicted molar refractivity (Wildman–Crippen MR) is 110 cm³/mol. The van der Waals surface area contributed by atoms with Gasteiger partial charge in [-0.05, 0) is 18.9 Å². The van der Waals surface area contributed by atoms with Crippen LogP contribution >= 0.6 is 11.3 Å². The largest absolute Gasteiger partial charge is 0.396 e. The maximum atomic E-state index is 12.5. The number of carbonyl (C=O) groups excluding carboxylic acids is 3. The second-order valence-corrected chi connectivity index (χ2v) is 7.45. The van der Waals surface area contributed by atoms with E-state index < -0.39 is 5.92 Å². The fourth-order valence-electron chi connectivity index (χ4n) is 3.19. The van der Waals surface area contributed by atoms with Gasteiger partial charge in [0.05, 0.1) is 23.8 Å². The number of amides is 3. The van der Waals surface area contributed by atoms with Gasteiger partial charge in [0, 0.05) is 29.4 Å². The van der Waals surface area contributed by atoms with Crippen molar-refractivity contribution in [3.8, 4) is 0 Å². The monoisotopic (exact) mass is 400 g/mol. The number of nitrogens with two attached hydrogens (primary N) is 1. The third kappa shape index (κ3) is 4.89. The number of rotatable bonds is 7. The fraction of sp³-hybridized carbons (Fsp3) is 0.350. The molecular weight excluding hydrogens is 376 g/mol. The van der Waals surface area contributed by atoms with E-state index in [0.29, 0.717) is 30.0 Å². The van der Waals surface area contributed by atoms with Gasteiger partial charge >= 0.3 is 0 Å². The minimum Gasteiger partial charge on any atom is -0.396 e. The predicted octanol–water partition coefficient (Wildman–Crippen LogP) is 2.41. The zero-order valence-corrected chi connectivity index (χ0v) is 16.3. The number of unbranched alkanes of at least 4 members (excludes halogenated alkanes) is 2. The molecule has 3 rings (SSSR count). The van der Waals surface area contributed by atoms with Crippen LogP contribution in [0.2, 0.25) is 0 Å². The Labute approximate surface area is 168 Å². The molecule has 7 nitrogen and oxygen atoms in total. The summed E-state index contributed by atoms with van der Waals surface area (Å²) in [7, 11) is 0. The first-order chi connectivity index (χ1) is 13.6.